The Labute approximate surface area is 188 Å². The van der Waals surface area contributed by atoms with Gasteiger partial charge in [0.15, 0.2) is 5.13 Å². The highest BCUT2D eigenvalue weighted by Gasteiger charge is 2.22. The van der Waals surface area contributed by atoms with E-state index < -0.39 is 22.0 Å². The van der Waals surface area contributed by atoms with Crippen LogP contribution in [0.4, 0.5) is 9.93 Å². The van der Waals surface area contributed by atoms with Crippen LogP contribution in [0.15, 0.2) is 40.6 Å². The van der Waals surface area contributed by atoms with Crippen LogP contribution in [0.3, 0.4) is 0 Å². The van der Waals surface area contributed by atoms with Gasteiger partial charge in [-0.25, -0.2) is 22.9 Å². The number of rotatable bonds is 7. The summed E-state index contributed by atoms with van der Waals surface area (Å²) in [6.45, 7) is 5.12. The molecule has 2 aromatic heterocycles. The van der Waals surface area contributed by atoms with Crippen LogP contribution in [-0.4, -0.2) is 32.0 Å². The molecular formula is C20H21N3O5S3. The summed E-state index contributed by atoms with van der Waals surface area (Å²) in [5.41, 5.74) is 2.39. The summed E-state index contributed by atoms with van der Waals surface area (Å²) < 4.78 is 32.2. The lowest BCUT2D eigenvalue weighted by Crippen LogP contribution is -2.33. The molecule has 8 nitrogen and oxygen atoms in total. The summed E-state index contributed by atoms with van der Waals surface area (Å²) in [5, 5.41) is 2.79. The van der Waals surface area contributed by atoms with Crippen LogP contribution in [-0.2, 0) is 26.0 Å². The monoisotopic (exact) mass is 479 g/mol. The van der Waals surface area contributed by atoms with E-state index in [2.05, 4.69) is 10.3 Å². The fourth-order valence-corrected chi connectivity index (χ4v) is 6.07. The molecule has 0 saturated heterocycles. The minimum atomic E-state index is -4.05. The Morgan fingerprint density at radius 2 is 1.84 bits per heavy atom. The molecule has 0 spiro atoms. The minimum Gasteiger partial charge on any atom is -0.465 e. The largest absolute Gasteiger partial charge is 0.465 e. The normalized spacial score (nSPS) is 11.2. The van der Waals surface area contributed by atoms with Crippen molar-refractivity contribution in [3.63, 3.8) is 0 Å². The maximum Gasteiger partial charge on any atom is 0.334 e. The predicted octanol–water partition coefficient (Wildman–Crippen LogP) is 4.10. The van der Waals surface area contributed by atoms with Crippen LogP contribution in [0.5, 0.6) is 0 Å². The summed E-state index contributed by atoms with van der Waals surface area (Å²) in [7, 11) is -4.05. The number of aromatic nitrogens is 1. The van der Waals surface area contributed by atoms with Gasteiger partial charge in [-0.1, -0.05) is 30.3 Å². The Kier molecular flexibility index (Phi) is 7.08. The van der Waals surface area contributed by atoms with E-state index in [9.17, 15) is 18.0 Å². The van der Waals surface area contributed by atoms with Crippen molar-refractivity contribution in [3.8, 4) is 11.3 Å². The summed E-state index contributed by atoms with van der Waals surface area (Å²) in [5.74, 6) is -0.395. The third-order valence-corrected chi connectivity index (χ3v) is 8.18. The molecule has 0 aliphatic rings. The van der Waals surface area contributed by atoms with Gasteiger partial charge in [-0.05, 0) is 25.5 Å². The second kappa shape index (κ2) is 9.58. The molecule has 2 heterocycles. The maximum atomic E-state index is 12.6. The molecule has 0 radical (unpaired) electrons. The molecule has 11 heteroatoms. The smallest absolute Gasteiger partial charge is 0.334 e. The lowest BCUT2D eigenvalue weighted by Gasteiger charge is -2.05. The van der Waals surface area contributed by atoms with Crippen molar-refractivity contribution < 1.29 is 22.7 Å². The number of urea groups is 1. The van der Waals surface area contributed by atoms with Gasteiger partial charge in [-0.15, -0.1) is 22.7 Å². The average molecular weight is 480 g/mol. The topological polar surface area (TPSA) is 114 Å². The van der Waals surface area contributed by atoms with Gasteiger partial charge in [0, 0.05) is 28.7 Å². The molecule has 1 aromatic carbocycles. The van der Waals surface area contributed by atoms with E-state index in [1.807, 2.05) is 42.0 Å². The molecule has 164 valence electrons. The number of carbonyl (C=O) groups is 2. The quantitative estimate of drug-likeness (QED) is 0.493. The number of thiophene rings is 1. The van der Waals surface area contributed by atoms with Crippen molar-refractivity contribution in [1.29, 1.82) is 0 Å². The maximum absolute atomic E-state index is 12.6. The average Bonchev–Trinajstić information content (AvgIpc) is 3.24. The second-order valence-electron chi connectivity index (χ2n) is 6.61. The fraction of sp³-hybridized carbons (Fsp3) is 0.250. The highest BCUT2D eigenvalue weighted by atomic mass is 32.2. The zero-order chi connectivity index (χ0) is 22.6. The number of thiazole rings is 1. The number of benzene rings is 1. The van der Waals surface area contributed by atoms with E-state index in [1.54, 1.807) is 6.92 Å². The number of hydrogen-bond donors (Lipinski definition) is 2. The molecule has 31 heavy (non-hydrogen) atoms. The third-order valence-electron chi connectivity index (χ3n) is 4.19. The molecule has 0 aliphatic heterocycles. The van der Waals surface area contributed by atoms with Crippen molar-refractivity contribution in [2.24, 2.45) is 0 Å². The van der Waals surface area contributed by atoms with Gasteiger partial charge in [0.1, 0.15) is 4.21 Å². The van der Waals surface area contributed by atoms with Gasteiger partial charge in [0.05, 0.1) is 12.3 Å². The Morgan fingerprint density at radius 1 is 1.13 bits per heavy atom. The number of ether oxygens (including phenoxy) is 1. The number of sulfonamides is 1. The van der Waals surface area contributed by atoms with E-state index in [0.717, 1.165) is 37.9 Å². The number of nitrogens with zero attached hydrogens (tertiary/aromatic N) is 1. The number of hydrogen-bond acceptors (Lipinski definition) is 8. The zero-order valence-corrected chi connectivity index (χ0v) is 19.5. The van der Waals surface area contributed by atoms with Gasteiger partial charge in [-0.3, -0.25) is 10.1 Å². The Bertz CT molecular complexity index is 1200. The molecule has 2 N–H and O–H groups in total. The predicted molar refractivity (Wildman–Crippen MR) is 121 cm³/mol. The molecule has 3 rings (SSSR count). The number of carbonyl (C=O) groups excluding carboxylic acids is 2. The van der Waals surface area contributed by atoms with Crippen molar-refractivity contribution in [1.82, 2.24) is 9.71 Å². The van der Waals surface area contributed by atoms with Gasteiger partial charge in [-0.2, -0.15) is 0 Å². The molecular weight excluding hydrogens is 458 g/mol. The summed E-state index contributed by atoms with van der Waals surface area (Å²) in [6, 6.07) is 10.1. The van der Waals surface area contributed by atoms with Crippen LogP contribution in [0.2, 0.25) is 0 Å². The number of anilines is 1. The Balaban J connectivity index is 1.67. The fourth-order valence-electron chi connectivity index (χ4n) is 2.77. The first-order valence-electron chi connectivity index (χ1n) is 9.25. The van der Waals surface area contributed by atoms with Gasteiger partial charge in [0.25, 0.3) is 10.0 Å². The first kappa shape index (κ1) is 22.9. The lowest BCUT2D eigenvalue weighted by molar-refractivity contribution is -0.140. The second-order valence-corrected chi connectivity index (χ2v) is 10.9. The molecule has 0 bridgehead atoms. The number of nitrogens with one attached hydrogen (secondary N) is 2. The molecule has 0 unspecified atom stereocenters. The third kappa shape index (κ3) is 5.90. The van der Waals surface area contributed by atoms with Crippen molar-refractivity contribution in [2.45, 2.75) is 31.4 Å². The lowest BCUT2D eigenvalue weighted by atomic mass is 10.1. The van der Waals surface area contributed by atoms with E-state index in [1.165, 1.54) is 24.3 Å². The first-order chi connectivity index (χ1) is 14.7. The first-order valence-corrected chi connectivity index (χ1v) is 12.4. The van der Waals surface area contributed by atoms with E-state index in [0.29, 0.717) is 11.6 Å². The van der Waals surface area contributed by atoms with Crippen molar-refractivity contribution in [3.05, 3.63) is 51.7 Å². The zero-order valence-electron chi connectivity index (χ0n) is 17.1. The highest BCUT2D eigenvalue weighted by molar-refractivity contribution is 7.92. The van der Waals surface area contributed by atoms with E-state index in [-0.39, 0.29) is 10.8 Å². The van der Waals surface area contributed by atoms with E-state index in [4.69, 9.17) is 4.74 Å². The molecule has 0 aliphatic carbocycles. The van der Waals surface area contributed by atoms with Gasteiger partial charge in [0.2, 0.25) is 0 Å². The van der Waals surface area contributed by atoms with Crippen LogP contribution < -0.4 is 10.0 Å². The molecule has 0 fully saturated rings. The van der Waals surface area contributed by atoms with Crippen LogP contribution in [0.25, 0.3) is 11.3 Å². The Morgan fingerprint density at radius 3 is 2.52 bits per heavy atom. The molecule has 0 atom stereocenters. The van der Waals surface area contributed by atoms with Crippen LogP contribution >= 0.6 is 22.7 Å². The van der Waals surface area contributed by atoms with Gasteiger partial charge < -0.3 is 4.74 Å². The summed E-state index contributed by atoms with van der Waals surface area (Å²) in [4.78, 5) is 29.3. The van der Waals surface area contributed by atoms with Crippen LogP contribution in [0.1, 0.15) is 22.2 Å². The summed E-state index contributed by atoms with van der Waals surface area (Å²) >= 11 is 2.30. The van der Waals surface area contributed by atoms with Crippen molar-refractivity contribution >= 4 is 49.8 Å². The standard InChI is InChI=1S/C20H21N3O5S3/c1-12-11-17(30-16(12)9-10-28-14(3)24)31(26,27)23-19(25)22-20-21-18(13(2)29-20)15-7-5-4-6-8-15/h4-8,11H,9-10H2,1-3H3,(H2,21,22,23,25). The van der Waals surface area contributed by atoms with Gasteiger partial charge >= 0.3 is 12.0 Å². The Hall–Kier alpha value is -2.76. The highest BCUT2D eigenvalue weighted by Crippen LogP contribution is 2.30. The van der Waals surface area contributed by atoms with Crippen molar-refractivity contribution in [2.75, 3.05) is 11.9 Å². The van der Waals surface area contributed by atoms with Crippen LogP contribution in [0, 0.1) is 13.8 Å². The summed E-state index contributed by atoms with van der Waals surface area (Å²) in [6.07, 6.45) is 0.401. The number of aryl methyl sites for hydroxylation is 2. The number of amides is 2. The number of esters is 1. The SMILES string of the molecule is CC(=O)OCCc1sc(S(=O)(=O)NC(=O)Nc2nc(-c3ccccc3)c(C)s2)cc1C. The van der Waals surface area contributed by atoms with E-state index >= 15 is 0 Å². The molecule has 0 saturated carbocycles. The molecule has 3 aromatic rings. The molecule has 2 amide bonds. The minimum absolute atomic E-state index is 0.0123.